The second-order valence-electron chi connectivity index (χ2n) is 3.27. The molecule has 0 N–H and O–H groups in total. The summed E-state index contributed by atoms with van der Waals surface area (Å²) >= 11 is 0. The molecule has 2 atom stereocenters. The van der Waals surface area contributed by atoms with E-state index in [-0.39, 0.29) is 0 Å². The van der Waals surface area contributed by atoms with Crippen molar-refractivity contribution >= 4 is 0 Å². The largest absolute Gasteiger partial charge is 0.106 e. The normalized spacial score (nSPS) is 22.3. The minimum absolute atomic E-state index is 1.08. The Labute approximate surface area is 99.2 Å². The molecule has 0 nitrogen and oxygen atoms in total. The van der Waals surface area contributed by atoms with Crippen LogP contribution in [0.3, 0.4) is 0 Å². The zero-order chi connectivity index (χ0) is 12.7. The molecule has 2 unspecified atom stereocenters. The molecule has 0 aliphatic heterocycles. The van der Waals surface area contributed by atoms with E-state index in [1.165, 1.54) is 32.1 Å². The highest BCUT2D eigenvalue weighted by molar-refractivity contribution is 4.74. The number of hydrogen-bond acceptors (Lipinski definition) is 0. The van der Waals surface area contributed by atoms with Crippen LogP contribution >= 0.6 is 0 Å². The van der Waals surface area contributed by atoms with Gasteiger partial charge in [-0.2, -0.15) is 0 Å². The van der Waals surface area contributed by atoms with Crippen LogP contribution in [0.15, 0.2) is 13.2 Å². The molecular weight excluding hydrogens is 180 g/mol. The third kappa shape index (κ3) is 10.0. The highest BCUT2D eigenvalue weighted by atomic mass is 14.3. The summed E-state index contributed by atoms with van der Waals surface area (Å²) in [6.45, 7) is 18.7. The molecule has 0 radical (unpaired) electrons. The van der Waals surface area contributed by atoms with Gasteiger partial charge in [-0.05, 0) is 11.8 Å². The van der Waals surface area contributed by atoms with E-state index >= 15 is 0 Å². The summed E-state index contributed by atoms with van der Waals surface area (Å²) in [7, 11) is 0. The molecule has 0 bridgehead atoms. The third-order valence-electron chi connectivity index (χ3n) is 2.87. The molecule has 0 spiro atoms. The lowest BCUT2D eigenvalue weighted by Gasteiger charge is -2.14. The van der Waals surface area contributed by atoms with E-state index in [1.54, 1.807) is 0 Å². The summed E-state index contributed by atoms with van der Waals surface area (Å²) in [4.78, 5) is 0. The fraction of sp³-hybridized carbons (Fsp3) is 0.867. The molecule has 0 heterocycles. The lowest BCUT2D eigenvalue weighted by molar-refractivity contribution is 0.367. The molecule has 1 aliphatic rings. The number of rotatable bonds is 2. The van der Waals surface area contributed by atoms with Crippen LogP contribution < -0.4 is 0 Å². The van der Waals surface area contributed by atoms with Crippen LogP contribution in [0.1, 0.15) is 73.6 Å². The summed E-state index contributed by atoms with van der Waals surface area (Å²) in [6, 6.07) is 0. The summed E-state index contributed by atoms with van der Waals surface area (Å²) in [5.41, 5.74) is 0. The fourth-order valence-electron chi connectivity index (χ4n) is 2.19. The predicted molar refractivity (Wildman–Crippen MR) is 75.4 cm³/mol. The van der Waals surface area contributed by atoms with Gasteiger partial charge in [0.1, 0.15) is 0 Å². The fourth-order valence-corrected chi connectivity index (χ4v) is 2.19. The zero-order valence-corrected chi connectivity index (χ0v) is 12.1. The van der Waals surface area contributed by atoms with Crippen molar-refractivity contribution < 1.29 is 0 Å². The van der Waals surface area contributed by atoms with Gasteiger partial charge < -0.3 is 0 Å². The molecule has 0 heteroatoms. The van der Waals surface area contributed by atoms with Gasteiger partial charge in [-0.3, -0.25) is 0 Å². The van der Waals surface area contributed by atoms with Crippen LogP contribution in [0.5, 0.6) is 0 Å². The lowest BCUT2D eigenvalue weighted by atomic mass is 9.92. The van der Waals surface area contributed by atoms with E-state index in [1.807, 2.05) is 27.7 Å². The SMILES string of the molecule is C=C.CC.CC.CCC1CCCC1CC. The Balaban J connectivity index is -0.000000208. The average Bonchev–Trinajstić information content (AvgIpc) is 2.84. The lowest BCUT2D eigenvalue weighted by Crippen LogP contribution is -2.04. The summed E-state index contributed by atoms with van der Waals surface area (Å²) in [5, 5.41) is 0. The van der Waals surface area contributed by atoms with E-state index in [0.717, 1.165) is 11.8 Å². The van der Waals surface area contributed by atoms with E-state index < -0.39 is 0 Å². The van der Waals surface area contributed by atoms with Crippen LogP contribution in [0.2, 0.25) is 0 Å². The molecule has 1 aliphatic carbocycles. The quantitative estimate of drug-likeness (QED) is 0.489. The van der Waals surface area contributed by atoms with Crippen molar-refractivity contribution in [1.82, 2.24) is 0 Å². The molecule has 1 rings (SSSR count). The minimum atomic E-state index is 1.08. The number of hydrogen-bond donors (Lipinski definition) is 0. The highest BCUT2D eigenvalue weighted by Crippen LogP contribution is 2.35. The standard InChI is InChI=1S/C9H18.2C2H6.C2H4/c1-3-8-6-5-7-9(8)4-2;3*1-2/h8-9H,3-7H2,1-2H3;2*1-2H3;1-2H2. The van der Waals surface area contributed by atoms with Crippen LogP contribution in [-0.4, -0.2) is 0 Å². The maximum absolute atomic E-state index is 3.00. The van der Waals surface area contributed by atoms with Gasteiger partial charge in [0.25, 0.3) is 0 Å². The first-order valence-corrected chi connectivity index (χ1v) is 6.88. The van der Waals surface area contributed by atoms with Crippen LogP contribution in [0.4, 0.5) is 0 Å². The van der Waals surface area contributed by atoms with Crippen LogP contribution in [0.25, 0.3) is 0 Å². The summed E-state index contributed by atoms with van der Waals surface area (Å²) in [6.07, 6.45) is 7.35. The molecule has 0 saturated heterocycles. The first-order chi connectivity index (χ1) is 7.38. The Kier molecular flexibility index (Phi) is 26.0. The Morgan fingerprint density at radius 3 is 1.27 bits per heavy atom. The smallest absolute Gasteiger partial charge is 0.0389 e. The van der Waals surface area contributed by atoms with E-state index in [9.17, 15) is 0 Å². The van der Waals surface area contributed by atoms with Crippen molar-refractivity contribution in [2.75, 3.05) is 0 Å². The van der Waals surface area contributed by atoms with Crippen molar-refractivity contribution in [3.63, 3.8) is 0 Å². The molecule has 1 saturated carbocycles. The van der Waals surface area contributed by atoms with Crippen molar-refractivity contribution in [3.05, 3.63) is 13.2 Å². The van der Waals surface area contributed by atoms with E-state index in [4.69, 9.17) is 0 Å². The first kappa shape index (κ1) is 20.2. The topological polar surface area (TPSA) is 0 Å². The Morgan fingerprint density at radius 2 is 1.07 bits per heavy atom. The van der Waals surface area contributed by atoms with Crippen LogP contribution in [-0.2, 0) is 0 Å². The molecule has 94 valence electrons. The first-order valence-electron chi connectivity index (χ1n) is 6.88. The van der Waals surface area contributed by atoms with Crippen molar-refractivity contribution in [3.8, 4) is 0 Å². The van der Waals surface area contributed by atoms with Gasteiger partial charge >= 0.3 is 0 Å². The average molecular weight is 214 g/mol. The van der Waals surface area contributed by atoms with Crippen molar-refractivity contribution in [2.24, 2.45) is 11.8 Å². The predicted octanol–water partition coefficient (Wildman–Crippen LogP) is 6.08. The molecule has 0 amide bonds. The third-order valence-corrected chi connectivity index (χ3v) is 2.87. The second kappa shape index (κ2) is 19.3. The summed E-state index contributed by atoms with van der Waals surface area (Å²) in [5.74, 6) is 2.16. The van der Waals surface area contributed by atoms with Gasteiger partial charge in [0, 0.05) is 0 Å². The maximum atomic E-state index is 3.00. The van der Waals surface area contributed by atoms with Gasteiger partial charge in [0.15, 0.2) is 0 Å². The van der Waals surface area contributed by atoms with Gasteiger partial charge in [-0.15, -0.1) is 13.2 Å². The van der Waals surface area contributed by atoms with E-state index in [2.05, 4.69) is 27.0 Å². The highest BCUT2D eigenvalue weighted by Gasteiger charge is 2.23. The van der Waals surface area contributed by atoms with Gasteiger partial charge in [-0.1, -0.05) is 73.6 Å². The monoisotopic (exact) mass is 214 g/mol. The Hall–Kier alpha value is -0.260. The Morgan fingerprint density at radius 1 is 0.800 bits per heavy atom. The van der Waals surface area contributed by atoms with Gasteiger partial charge in [0.2, 0.25) is 0 Å². The molecule has 0 aromatic heterocycles. The minimum Gasteiger partial charge on any atom is -0.106 e. The van der Waals surface area contributed by atoms with Crippen molar-refractivity contribution in [2.45, 2.75) is 73.6 Å². The molecule has 0 aromatic rings. The van der Waals surface area contributed by atoms with Crippen LogP contribution in [0, 0.1) is 11.8 Å². The summed E-state index contributed by atoms with van der Waals surface area (Å²) < 4.78 is 0. The second-order valence-corrected chi connectivity index (χ2v) is 3.27. The zero-order valence-electron chi connectivity index (χ0n) is 12.1. The maximum Gasteiger partial charge on any atom is -0.0389 e. The molecule has 0 aromatic carbocycles. The van der Waals surface area contributed by atoms with E-state index in [0.29, 0.717) is 0 Å². The molecular formula is C15H34. The molecule has 1 fully saturated rings. The Bertz CT molecular complexity index is 76.0. The van der Waals surface area contributed by atoms with Gasteiger partial charge in [0.05, 0.1) is 0 Å². The van der Waals surface area contributed by atoms with Gasteiger partial charge in [-0.25, -0.2) is 0 Å². The van der Waals surface area contributed by atoms with Crippen molar-refractivity contribution in [1.29, 1.82) is 0 Å². The molecule has 15 heavy (non-hydrogen) atoms.